The van der Waals surface area contributed by atoms with Gasteiger partial charge < -0.3 is 10.6 Å². The van der Waals surface area contributed by atoms with Crippen LogP contribution in [-0.4, -0.2) is 23.1 Å². The van der Waals surface area contributed by atoms with Crippen molar-refractivity contribution in [1.82, 2.24) is 9.97 Å². The topological polar surface area (TPSA) is 49.8 Å². The van der Waals surface area contributed by atoms with Crippen LogP contribution in [0.15, 0.2) is 12.4 Å². The summed E-state index contributed by atoms with van der Waals surface area (Å²) in [6.45, 7) is 4.16. The standard InChI is InChI=1S/C15H24N4/c1-2-5-17-14-9-16-10-15(19-14)18-8-13-7-11-3-4-12(13)6-11/h9-13H,2-8H2,1H3,(H2,17,18,19). The Morgan fingerprint density at radius 1 is 1.16 bits per heavy atom. The molecule has 19 heavy (non-hydrogen) atoms. The summed E-state index contributed by atoms with van der Waals surface area (Å²) in [4.78, 5) is 8.79. The number of aromatic nitrogens is 2. The van der Waals surface area contributed by atoms with E-state index in [9.17, 15) is 0 Å². The molecule has 2 N–H and O–H groups in total. The number of hydrogen-bond donors (Lipinski definition) is 2. The van der Waals surface area contributed by atoms with E-state index < -0.39 is 0 Å². The Morgan fingerprint density at radius 3 is 2.68 bits per heavy atom. The molecule has 4 nitrogen and oxygen atoms in total. The van der Waals surface area contributed by atoms with Gasteiger partial charge in [0, 0.05) is 13.1 Å². The molecule has 0 radical (unpaired) electrons. The number of nitrogens with zero attached hydrogens (tertiary/aromatic N) is 2. The lowest BCUT2D eigenvalue weighted by atomic mass is 9.89. The lowest BCUT2D eigenvalue weighted by molar-refractivity contribution is 0.348. The van der Waals surface area contributed by atoms with Crippen LogP contribution in [0.4, 0.5) is 11.6 Å². The molecule has 0 saturated heterocycles. The van der Waals surface area contributed by atoms with Crippen LogP contribution >= 0.6 is 0 Å². The highest BCUT2D eigenvalue weighted by atomic mass is 15.1. The maximum absolute atomic E-state index is 4.55. The van der Waals surface area contributed by atoms with Crippen LogP contribution in [0, 0.1) is 17.8 Å². The van der Waals surface area contributed by atoms with Crippen molar-refractivity contribution in [1.29, 1.82) is 0 Å². The van der Waals surface area contributed by atoms with Crippen LogP contribution in [0.25, 0.3) is 0 Å². The van der Waals surface area contributed by atoms with Crippen molar-refractivity contribution in [2.75, 3.05) is 23.7 Å². The monoisotopic (exact) mass is 260 g/mol. The van der Waals surface area contributed by atoms with Crippen molar-refractivity contribution in [3.05, 3.63) is 12.4 Å². The summed E-state index contributed by atoms with van der Waals surface area (Å²) < 4.78 is 0. The number of hydrogen-bond acceptors (Lipinski definition) is 4. The molecule has 3 atom stereocenters. The Bertz CT molecular complexity index is 420. The van der Waals surface area contributed by atoms with Crippen molar-refractivity contribution in [3.63, 3.8) is 0 Å². The van der Waals surface area contributed by atoms with Gasteiger partial charge >= 0.3 is 0 Å². The first-order valence-corrected chi connectivity index (χ1v) is 7.65. The minimum atomic E-state index is 0.854. The van der Waals surface area contributed by atoms with Gasteiger partial charge in [0.05, 0.1) is 12.4 Å². The zero-order valence-corrected chi connectivity index (χ0v) is 11.7. The summed E-state index contributed by atoms with van der Waals surface area (Å²) in [6, 6.07) is 0. The predicted octanol–water partition coefficient (Wildman–Crippen LogP) is 3.15. The van der Waals surface area contributed by atoms with Crippen molar-refractivity contribution in [2.45, 2.75) is 39.0 Å². The van der Waals surface area contributed by atoms with Gasteiger partial charge in [-0.05, 0) is 43.4 Å². The van der Waals surface area contributed by atoms with Crippen molar-refractivity contribution in [3.8, 4) is 0 Å². The maximum Gasteiger partial charge on any atom is 0.146 e. The third-order valence-corrected chi connectivity index (χ3v) is 4.62. The van der Waals surface area contributed by atoms with Crippen molar-refractivity contribution in [2.24, 2.45) is 17.8 Å². The molecule has 1 heterocycles. The second kappa shape index (κ2) is 5.76. The molecule has 0 spiro atoms. The lowest BCUT2D eigenvalue weighted by Crippen LogP contribution is -2.20. The Morgan fingerprint density at radius 2 is 2.00 bits per heavy atom. The highest BCUT2D eigenvalue weighted by molar-refractivity contribution is 5.41. The zero-order chi connectivity index (χ0) is 13.1. The summed E-state index contributed by atoms with van der Waals surface area (Å²) in [5.41, 5.74) is 0. The van der Waals surface area contributed by atoms with Crippen LogP contribution in [0.3, 0.4) is 0 Å². The van der Waals surface area contributed by atoms with E-state index in [0.717, 1.165) is 48.9 Å². The molecule has 2 fully saturated rings. The summed E-state index contributed by atoms with van der Waals surface area (Å²) in [5, 5.41) is 6.75. The SMILES string of the molecule is CCCNc1cncc(NCC2CC3CCC2C3)n1. The van der Waals surface area contributed by atoms with Crippen LogP contribution in [-0.2, 0) is 0 Å². The second-order valence-corrected chi connectivity index (χ2v) is 6.03. The normalized spacial score (nSPS) is 28.6. The van der Waals surface area contributed by atoms with Crippen LogP contribution < -0.4 is 10.6 Å². The van der Waals surface area contributed by atoms with E-state index in [2.05, 4.69) is 27.5 Å². The average molecular weight is 260 g/mol. The van der Waals surface area contributed by atoms with Gasteiger partial charge in [-0.25, -0.2) is 4.98 Å². The Balaban J connectivity index is 1.52. The van der Waals surface area contributed by atoms with Gasteiger partial charge in [0.15, 0.2) is 0 Å². The molecule has 0 aromatic carbocycles. The summed E-state index contributed by atoms with van der Waals surface area (Å²) in [7, 11) is 0. The number of rotatable bonds is 6. The molecule has 2 bridgehead atoms. The molecule has 2 aliphatic carbocycles. The first-order chi connectivity index (χ1) is 9.35. The largest absolute Gasteiger partial charge is 0.369 e. The smallest absolute Gasteiger partial charge is 0.146 e. The molecule has 1 aromatic heterocycles. The number of fused-ring (bicyclic) bond motifs is 2. The van der Waals surface area contributed by atoms with Gasteiger partial charge in [0.25, 0.3) is 0 Å². The molecular weight excluding hydrogens is 236 g/mol. The van der Waals surface area contributed by atoms with E-state index in [1.54, 1.807) is 6.20 Å². The molecule has 2 saturated carbocycles. The zero-order valence-electron chi connectivity index (χ0n) is 11.7. The summed E-state index contributed by atoms with van der Waals surface area (Å²) >= 11 is 0. The Kier molecular flexibility index (Phi) is 3.85. The molecule has 1 aromatic rings. The first-order valence-electron chi connectivity index (χ1n) is 7.65. The fourth-order valence-electron chi connectivity index (χ4n) is 3.65. The fraction of sp³-hybridized carbons (Fsp3) is 0.733. The van der Waals surface area contributed by atoms with Gasteiger partial charge in [-0.2, -0.15) is 0 Å². The number of anilines is 2. The number of nitrogens with one attached hydrogen (secondary N) is 2. The fourth-order valence-corrected chi connectivity index (χ4v) is 3.65. The van der Waals surface area contributed by atoms with E-state index in [0.29, 0.717) is 0 Å². The van der Waals surface area contributed by atoms with Gasteiger partial charge in [-0.1, -0.05) is 13.3 Å². The summed E-state index contributed by atoms with van der Waals surface area (Å²) in [6.07, 6.45) is 10.5. The van der Waals surface area contributed by atoms with Gasteiger partial charge in [-0.15, -0.1) is 0 Å². The quantitative estimate of drug-likeness (QED) is 0.825. The Hall–Kier alpha value is -1.32. The summed E-state index contributed by atoms with van der Waals surface area (Å²) in [5.74, 6) is 4.61. The Labute approximate surface area is 115 Å². The molecule has 3 unspecified atom stereocenters. The molecule has 4 heteroatoms. The van der Waals surface area contributed by atoms with Gasteiger partial charge in [-0.3, -0.25) is 4.98 Å². The molecule has 0 aliphatic heterocycles. The third-order valence-electron chi connectivity index (χ3n) is 4.62. The third kappa shape index (κ3) is 2.99. The molecule has 3 rings (SSSR count). The molecule has 2 aliphatic rings. The van der Waals surface area contributed by atoms with Crippen LogP contribution in [0.1, 0.15) is 39.0 Å². The second-order valence-electron chi connectivity index (χ2n) is 6.03. The van der Waals surface area contributed by atoms with E-state index in [1.165, 1.54) is 25.7 Å². The molecule has 0 amide bonds. The van der Waals surface area contributed by atoms with E-state index >= 15 is 0 Å². The van der Waals surface area contributed by atoms with Gasteiger partial charge in [0.2, 0.25) is 0 Å². The van der Waals surface area contributed by atoms with Crippen molar-refractivity contribution < 1.29 is 0 Å². The van der Waals surface area contributed by atoms with Gasteiger partial charge in [0.1, 0.15) is 11.6 Å². The molecule has 104 valence electrons. The molecular formula is C15H24N4. The maximum atomic E-state index is 4.55. The highest BCUT2D eigenvalue weighted by Gasteiger charge is 2.39. The lowest BCUT2D eigenvalue weighted by Gasteiger charge is -2.22. The minimum absolute atomic E-state index is 0.854. The predicted molar refractivity (Wildman–Crippen MR) is 78.2 cm³/mol. The highest BCUT2D eigenvalue weighted by Crippen LogP contribution is 2.48. The van der Waals surface area contributed by atoms with E-state index in [4.69, 9.17) is 0 Å². The average Bonchev–Trinajstić information content (AvgIpc) is 3.06. The van der Waals surface area contributed by atoms with Crippen molar-refractivity contribution >= 4 is 11.6 Å². The van der Waals surface area contributed by atoms with E-state index in [-0.39, 0.29) is 0 Å². The minimum Gasteiger partial charge on any atom is -0.369 e. The van der Waals surface area contributed by atoms with E-state index in [1.807, 2.05) is 6.20 Å². The first kappa shape index (κ1) is 12.7. The van der Waals surface area contributed by atoms with Crippen LogP contribution in [0.5, 0.6) is 0 Å². The van der Waals surface area contributed by atoms with Crippen LogP contribution in [0.2, 0.25) is 0 Å².